The van der Waals surface area contributed by atoms with Gasteiger partial charge in [-0.3, -0.25) is 0 Å². The van der Waals surface area contributed by atoms with E-state index in [-0.39, 0.29) is 12.1 Å². The summed E-state index contributed by atoms with van der Waals surface area (Å²) in [6.45, 7) is 6.37. The topological polar surface area (TPSA) is 38.8 Å². The van der Waals surface area contributed by atoms with Crippen molar-refractivity contribution in [1.29, 1.82) is 0 Å². The van der Waals surface area contributed by atoms with Gasteiger partial charge >= 0.3 is 6.09 Å². The predicted octanol–water partition coefficient (Wildman–Crippen LogP) is 4.51. The molecule has 1 aromatic carbocycles. The Hall–Kier alpha value is -1.42. The number of amides is 1. The third-order valence-electron chi connectivity index (χ3n) is 3.72. The van der Waals surface area contributed by atoms with Gasteiger partial charge in [-0.2, -0.15) is 0 Å². The summed E-state index contributed by atoms with van der Waals surface area (Å²) in [5, 5.41) is 0. The lowest BCUT2D eigenvalue weighted by Crippen LogP contribution is -2.36. The Balaban J connectivity index is 2.22. The van der Waals surface area contributed by atoms with Crippen LogP contribution in [0.15, 0.2) is 18.2 Å². The molecule has 1 aliphatic heterocycles. The summed E-state index contributed by atoms with van der Waals surface area (Å²) in [5.74, 6) is 1.17. The van der Waals surface area contributed by atoms with E-state index in [0.29, 0.717) is 5.88 Å². The molecule has 0 aromatic heterocycles. The molecular weight excluding hydrogens is 302 g/mol. The van der Waals surface area contributed by atoms with Gasteiger partial charge in [-0.1, -0.05) is 12.1 Å². The molecule has 1 aromatic rings. The molecule has 1 amide bonds. The highest BCUT2D eigenvalue weighted by atomic mass is 35.5. The second kappa shape index (κ2) is 6.78. The zero-order valence-corrected chi connectivity index (χ0v) is 14.4. The Bertz CT molecular complexity index is 539. The van der Waals surface area contributed by atoms with Crippen LogP contribution in [0.25, 0.3) is 0 Å². The first-order chi connectivity index (χ1) is 10.4. The van der Waals surface area contributed by atoms with Gasteiger partial charge in [0.15, 0.2) is 0 Å². The Morgan fingerprint density at radius 1 is 1.41 bits per heavy atom. The Kier molecular flexibility index (Phi) is 5.22. The first-order valence-corrected chi connectivity index (χ1v) is 8.11. The molecule has 1 aliphatic rings. The lowest BCUT2D eigenvalue weighted by Gasteiger charge is -2.29. The number of carbonyl (C=O) groups is 1. The van der Waals surface area contributed by atoms with Crippen molar-refractivity contribution in [3.63, 3.8) is 0 Å². The number of hydrogen-bond donors (Lipinski definition) is 0. The molecular formula is C17H24ClNO3. The molecule has 1 saturated heterocycles. The summed E-state index contributed by atoms with van der Waals surface area (Å²) in [5.41, 5.74) is 1.54. The van der Waals surface area contributed by atoms with Gasteiger partial charge in [0.1, 0.15) is 11.4 Å². The summed E-state index contributed by atoms with van der Waals surface area (Å²) in [7, 11) is 1.63. The second-order valence-electron chi connectivity index (χ2n) is 6.54. The van der Waals surface area contributed by atoms with Crippen molar-refractivity contribution in [2.24, 2.45) is 0 Å². The van der Waals surface area contributed by atoms with E-state index in [4.69, 9.17) is 21.1 Å². The highest BCUT2D eigenvalue weighted by Gasteiger charge is 2.33. The van der Waals surface area contributed by atoms with E-state index in [0.717, 1.165) is 36.3 Å². The predicted molar refractivity (Wildman–Crippen MR) is 87.5 cm³/mol. The van der Waals surface area contributed by atoms with E-state index in [1.165, 1.54) is 0 Å². The van der Waals surface area contributed by atoms with E-state index in [9.17, 15) is 4.79 Å². The average Bonchev–Trinajstić information content (AvgIpc) is 2.94. The zero-order valence-electron chi connectivity index (χ0n) is 13.7. The first kappa shape index (κ1) is 16.9. The number of likely N-dealkylation sites (tertiary alicyclic amines) is 1. The van der Waals surface area contributed by atoms with Crippen molar-refractivity contribution < 1.29 is 14.3 Å². The van der Waals surface area contributed by atoms with Gasteiger partial charge in [-0.25, -0.2) is 4.79 Å². The van der Waals surface area contributed by atoms with E-state index < -0.39 is 5.60 Å². The zero-order chi connectivity index (χ0) is 16.3. The molecule has 122 valence electrons. The van der Waals surface area contributed by atoms with E-state index >= 15 is 0 Å². The highest BCUT2D eigenvalue weighted by Crippen LogP contribution is 2.35. The first-order valence-electron chi connectivity index (χ1n) is 7.58. The van der Waals surface area contributed by atoms with Crippen LogP contribution in [0.4, 0.5) is 4.79 Å². The molecule has 2 rings (SSSR count). The molecule has 0 radical (unpaired) electrons. The number of hydrogen-bond acceptors (Lipinski definition) is 3. The number of alkyl halides is 1. The summed E-state index contributed by atoms with van der Waals surface area (Å²) < 4.78 is 10.9. The molecule has 1 heterocycles. The van der Waals surface area contributed by atoms with Gasteiger partial charge in [0, 0.05) is 12.1 Å². The fourth-order valence-corrected chi connectivity index (χ4v) is 2.95. The van der Waals surface area contributed by atoms with Gasteiger partial charge in [-0.05, 0) is 45.2 Å². The van der Waals surface area contributed by atoms with Gasteiger partial charge < -0.3 is 14.4 Å². The number of halogens is 1. The van der Waals surface area contributed by atoms with Gasteiger partial charge in [0.25, 0.3) is 0 Å². The van der Waals surface area contributed by atoms with Crippen LogP contribution in [0.5, 0.6) is 5.75 Å². The maximum atomic E-state index is 12.4. The molecule has 0 spiro atoms. The molecule has 0 aliphatic carbocycles. The maximum Gasteiger partial charge on any atom is 0.410 e. The van der Waals surface area contributed by atoms with Crippen molar-refractivity contribution in [2.75, 3.05) is 13.7 Å². The SMILES string of the molecule is COc1cc(C2CCCN2C(=O)OC(C)(C)C)ccc1CCl. The minimum atomic E-state index is -0.482. The quantitative estimate of drug-likeness (QED) is 0.768. The van der Waals surface area contributed by atoms with Crippen LogP contribution in [0, 0.1) is 0 Å². The molecule has 4 nitrogen and oxygen atoms in total. The molecule has 1 unspecified atom stereocenters. The Labute approximate surface area is 137 Å². The Morgan fingerprint density at radius 2 is 2.14 bits per heavy atom. The van der Waals surface area contributed by atoms with Crippen molar-refractivity contribution in [1.82, 2.24) is 4.90 Å². The van der Waals surface area contributed by atoms with Gasteiger partial charge in [0.2, 0.25) is 0 Å². The fourth-order valence-electron chi connectivity index (χ4n) is 2.73. The molecule has 0 bridgehead atoms. The number of ether oxygens (including phenoxy) is 2. The molecule has 1 atom stereocenters. The van der Waals surface area contributed by atoms with Gasteiger partial charge in [-0.15, -0.1) is 11.6 Å². The standard InChI is InChI=1S/C17H24ClNO3/c1-17(2,3)22-16(20)19-9-5-6-14(19)12-7-8-13(11-18)15(10-12)21-4/h7-8,10,14H,5-6,9,11H2,1-4H3. The third kappa shape index (κ3) is 3.86. The normalized spacial score (nSPS) is 18.4. The second-order valence-corrected chi connectivity index (χ2v) is 6.80. The van der Waals surface area contributed by atoms with Crippen LogP contribution in [0.3, 0.4) is 0 Å². The number of rotatable bonds is 3. The van der Waals surface area contributed by atoms with Crippen LogP contribution in [0.2, 0.25) is 0 Å². The van der Waals surface area contributed by atoms with Crippen LogP contribution in [-0.4, -0.2) is 30.2 Å². The summed E-state index contributed by atoms with van der Waals surface area (Å²) in [4.78, 5) is 14.2. The summed E-state index contributed by atoms with van der Waals surface area (Å²) in [6, 6.07) is 6.00. The lowest BCUT2D eigenvalue weighted by atomic mass is 10.0. The smallest absolute Gasteiger partial charge is 0.410 e. The van der Waals surface area contributed by atoms with Crippen LogP contribution in [0.1, 0.15) is 50.8 Å². The van der Waals surface area contributed by atoms with Crippen molar-refractivity contribution >= 4 is 17.7 Å². The average molecular weight is 326 g/mol. The number of benzene rings is 1. The fraction of sp³-hybridized carbons (Fsp3) is 0.588. The number of methoxy groups -OCH3 is 1. The van der Waals surface area contributed by atoms with Crippen molar-refractivity contribution in [3.05, 3.63) is 29.3 Å². The minimum absolute atomic E-state index is 0.0353. The molecule has 0 N–H and O–H groups in total. The summed E-state index contributed by atoms with van der Waals surface area (Å²) >= 11 is 5.91. The van der Waals surface area contributed by atoms with Crippen molar-refractivity contribution in [2.45, 2.75) is 51.1 Å². The Morgan fingerprint density at radius 3 is 2.73 bits per heavy atom. The number of carbonyl (C=O) groups excluding carboxylic acids is 1. The van der Waals surface area contributed by atoms with Crippen LogP contribution >= 0.6 is 11.6 Å². The molecule has 1 fully saturated rings. The third-order valence-corrected chi connectivity index (χ3v) is 4.01. The largest absolute Gasteiger partial charge is 0.496 e. The van der Waals surface area contributed by atoms with Crippen LogP contribution < -0.4 is 4.74 Å². The van der Waals surface area contributed by atoms with Crippen molar-refractivity contribution in [3.8, 4) is 5.75 Å². The maximum absolute atomic E-state index is 12.4. The molecule has 0 saturated carbocycles. The van der Waals surface area contributed by atoms with E-state index in [2.05, 4.69) is 0 Å². The molecule has 22 heavy (non-hydrogen) atoms. The summed E-state index contributed by atoms with van der Waals surface area (Å²) in [6.07, 6.45) is 1.65. The number of nitrogens with zero attached hydrogens (tertiary/aromatic N) is 1. The van der Waals surface area contributed by atoms with E-state index in [1.807, 2.05) is 39.0 Å². The highest BCUT2D eigenvalue weighted by molar-refractivity contribution is 6.17. The molecule has 5 heteroatoms. The van der Waals surface area contributed by atoms with E-state index in [1.54, 1.807) is 12.0 Å². The monoisotopic (exact) mass is 325 g/mol. The van der Waals surface area contributed by atoms with Gasteiger partial charge in [0.05, 0.1) is 19.0 Å². The van der Waals surface area contributed by atoms with Crippen LogP contribution in [-0.2, 0) is 10.6 Å². The minimum Gasteiger partial charge on any atom is -0.496 e. The lowest BCUT2D eigenvalue weighted by molar-refractivity contribution is 0.0224.